The summed E-state index contributed by atoms with van der Waals surface area (Å²) in [6.07, 6.45) is 12.8. The number of esters is 2. The summed E-state index contributed by atoms with van der Waals surface area (Å²) < 4.78 is 21.4. The zero-order chi connectivity index (χ0) is 30.6. The molecule has 8 heteroatoms. The molecule has 2 aromatic rings. The quantitative estimate of drug-likeness (QED) is 0.178. The third-order valence-corrected chi connectivity index (χ3v) is 8.06. The average Bonchev–Trinajstić information content (AvgIpc) is 3.05. The highest BCUT2D eigenvalue weighted by molar-refractivity contribution is 5.69. The van der Waals surface area contributed by atoms with Crippen molar-refractivity contribution in [3.63, 3.8) is 0 Å². The highest BCUT2D eigenvalue weighted by Gasteiger charge is 2.32. The minimum atomic E-state index is -0.260. The van der Waals surface area contributed by atoms with Crippen LogP contribution in [0, 0.1) is 12.3 Å². The summed E-state index contributed by atoms with van der Waals surface area (Å²) in [5, 5.41) is 3.62. The molecule has 2 heterocycles. The Morgan fingerprint density at radius 1 is 0.791 bits per heavy atom. The Labute approximate surface area is 257 Å². The molecule has 234 valence electrons. The molecule has 0 aliphatic carbocycles. The molecule has 2 saturated heterocycles. The number of unbranched alkanes of at least 4 members (excludes halogenated alkanes) is 1. The summed E-state index contributed by atoms with van der Waals surface area (Å²) in [4.78, 5) is 23.8. The number of hydrogen-bond acceptors (Lipinski definition) is 8. The molecule has 0 atom stereocenters. The van der Waals surface area contributed by atoms with Gasteiger partial charge in [0.1, 0.15) is 13.2 Å². The lowest BCUT2D eigenvalue weighted by molar-refractivity contribution is -0.146. The standard InChI is InChI=1S/C20H27NO3.C15H21NO3/c1-2-3-7-14-21-20(12-15-23-16-13-20)11-10-19(22)24-17-18-8-5-4-6-9-18;16-15(8-10-18-11-9-15)7-6-14(17)19-12-13-4-2-1-3-5-13/h1,4-6,8-9,21H,3,7,10-17H2;1-5H,6-12,16H2. The van der Waals surface area contributed by atoms with Gasteiger partial charge in [0.15, 0.2) is 0 Å². The number of rotatable bonds is 14. The summed E-state index contributed by atoms with van der Waals surface area (Å²) in [5.74, 6) is 2.34. The van der Waals surface area contributed by atoms with Crippen molar-refractivity contribution >= 4 is 11.9 Å². The Balaban J connectivity index is 0.000000242. The van der Waals surface area contributed by atoms with Crippen LogP contribution in [0.3, 0.4) is 0 Å². The number of carbonyl (C=O) groups excluding carboxylic acids is 2. The minimum absolute atomic E-state index is 0.0292. The van der Waals surface area contributed by atoms with Crippen LogP contribution in [0.4, 0.5) is 0 Å². The molecule has 0 amide bonds. The van der Waals surface area contributed by atoms with E-state index < -0.39 is 0 Å². The number of nitrogens with one attached hydrogen (secondary N) is 1. The van der Waals surface area contributed by atoms with Gasteiger partial charge in [-0.15, -0.1) is 12.3 Å². The smallest absolute Gasteiger partial charge is 0.306 e. The van der Waals surface area contributed by atoms with Crippen LogP contribution in [0.5, 0.6) is 0 Å². The molecule has 3 N–H and O–H groups in total. The van der Waals surface area contributed by atoms with Gasteiger partial charge in [0, 0.05) is 56.8 Å². The number of nitrogens with two attached hydrogens (primary N) is 1. The van der Waals surface area contributed by atoms with E-state index in [1.807, 2.05) is 60.7 Å². The first-order chi connectivity index (χ1) is 20.9. The number of terminal acetylenes is 1. The van der Waals surface area contributed by atoms with Crippen molar-refractivity contribution in [1.82, 2.24) is 5.32 Å². The van der Waals surface area contributed by atoms with Crippen LogP contribution in [-0.4, -0.2) is 56.0 Å². The maximum atomic E-state index is 12.1. The van der Waals surface area contributed by atoms with E-state index in [4.69, 9.17) is 31.1 Å². The number of hydrogen-bond donors (Lipinski definition) is 2. The van der Waals surface area contributed by atoms with Gasteiger partial charge in [0.25, 0.3) is 0 Å². The SMILES string of the molecule is C#CCCCNC1(CCC(=O)OCc2ccccc2)CCOCC1.NC1(CCC(=O)OCc2ccccc2)CCOCC1. The van der Waals surface area contributed by atoms with Crippen molar-refractivity contribution in [1.29, 1.82) is 0 Å². The zero-order valence-electron chi connectivity index (χ0n) is 25.4. The van der Waals surface area contributed by atoms with Crippen LogP contribution in [0.1, 0.15) is 75.3 Å². The van der Waals surface area contributed by atoms with Crippen LogP contribution < -0.4 is 11.1 Å². The Kier molecular flexibility index (Phi) is 15.3. The summed E-state index contributed by atoms with van der Waals surface area (Å²) in [7, 11) is 0. The first kappa shape index (κ1) is 34.3. The van der Waals surface area contributed by atoms with E-state index >= 15 is 0 Å². The molecule has 0 saturated carbocycles. The fourth-order valence-corrected chi connectivity index (χ4v) is 5.16. The van der Waals surface area contributed by atoms with Crippen molar-refractivity contribution < 1.29 is 28.5 Å². The fraction of sp³-hybridized carbons (Fsp3) is 0.543. The molecule has 0 spiro atoms. The molecule has 0 aromatic heterocycles. The third-order valence-electron chi connectivity index (χ3n) is 8.06. The highest BCUT2D eigenvalue weighted by Crippen LogP contribution is 2.26. The van der Waals surface area contributed by atoms with Crippen LogP contribution in [0.15, 0.2) is 60.7 Å². The van der Waals surface area contributed by atoms with Gasteiger partial charge in [-0.25, -0.2) is 0 Å². The maximum absolute atomic E-state index is 12.1. The van der Waals surface area contributed by atoms with Gasteiger partial charge in [0.05, 0.1) is 0 Å². The summed E-state index contributed by atoms with van der Waals surface area (Å²) in [6, 6.07) is 19.4. The second kappa shape index (κ2) is 19.1. The molecule has 0 unspecified atom stereocenters. The van der Waals surface area contributed by atoms with E-state index in [2.05, 4.69) is 11.2 Å². The molecule has 2 aromatic carbocycles. The van der Waals surface area contributed by atoms with Gasteiger partial charge in [-0.3, -0.25) is 9.59 Å². The fourth-order valence-electron chi connectivity index (χ4n) is 5.16. The molecular weight excluding hydrogens is 544 g/mol. The van der Waals surface area contributed by atoms with E-state index in [1.54, 1.807) is 0 Å². The van der Waals surface area contributed by atoms with Gasteiger partial charge >= 0.3 is 11.9 Å². The molecular formula is C35H48N2O6. The monoisotopic (exact) mass is 592 g/mol. The van der Waals surface area contributed by atoms with E-state index in [-0.39, 0.29) is 23.0 Å². The van der Waals surface area contributed by atoms with Gasteiger partial charge < -0.3 is 30.0 Å². The van der Waals surface area contributed by atoms with Gasteiger partial charge in [-0.2, -0.15) is 0 Å². The van der Waals surface area contributed by atoms with Crippen molar-refractivity contribution in [3.05, 3.63) is 71.8 Å². The van der Waals surface area contributed by atoms with Crippen molar-refractivity contribution in [2.24, 2.45) is 5.73 Å². The van der Waals surface area contributed by atoms with E-state index in [0.29, 0.717) is 45.7 Å². The Bertz CT molecular complexity index is 1110. The minimum Gasteiger partial charge on any atom is -0.461 e. The second-order valence-electron chi connectivity index (χ2n) is 11.4. The average molecular weight is 593 g/mol. The van der Waals surface area contributed by atoms with Crippen molar-refractivity contribution in [3.8, 4) is 12.3 Å². The summed E-state index contributed by atoms with van der Waals surface area (Å²) >= 11 is 0. The van der Waals surface area contributed by atoms with Crippen LogP contribution in [0.2, 0.25) is 0 Å². The lowest BCUT2D eigenvalue weighted by Crippen LogP contribution is -2.50. The number of benzene rings is 2. The lowest BCUT2D eigenvalue weighted by Gasteiger charge is -2.38. The molecule has 0 bridgehead atoms. The normalized spacial score (nSPS) is 17.0. The molecule has 2 aliphatic heterocycles. The van der Waals surface area contributed by atoms with Crippen molar-refractivity contribution in [2.45, 2.75) is 88.5 Å². The highest BCUT2D eigenvalue weighted by atomic mass is 16.5. The predicted molar refractivity (Wildman–Crippen MR) is 167 cm³/mol. The first-order valence-corrected chi connectivity index (χ1v) is 15.4. The molecule has 2 fully saturated rings. The third kappa shape index (κ3) is 13.7. The first-order valence-electron chi connectivity index (χ1n) is 15.4. The van der Waals surface area contributed by atoms with E-state index in [9.17, 15) is 9.59 Å². The summed E-state index contributed by atoms with van der Waals surface area (Å²) in [5.41, 5.74) is 7.95. The molecule has 4 rings (SSSR count). The van der Waals surface area contributed by atoms with E-state index in [0.717, 1.165) is 75.8 Å². The maximum Gasteiger partial charge on any atom is 0.306 e. The lowest BCUT2D eigenvalue weighted by atomic mass is 9.85. The van der Waals surface area contributed by atoms with Crippen LogP contribution in [0.25, 0.3) is 0 Å². The van der Waals surface area contributed by atoms with E-state index in [1.165, 1.54) is 0 Å². The topological polar surface area (TPSA) is 109 Å². The summed E-state index contributed by atoms with van der Waals surface area (Å²) in [6.45, 7) is 4.41. The van der Waals surface area contributed by atoms with Crippen LogP contribution in [-0.2, 0) is 41.8 Å². The molecule has 8 nitrogen and oxygen atoms in total. The molecule has 43 heavy (non-hydrogen) atoms. The van der Waals surface area contributed by atoms with Gasteiger partial charge in [-0.1, -0.05) is 60.7 Å². The number of carbonyl (C=O) groups is 2. The van der Waals surface area contributed by atoms with Gasteiger partial charge in [-0.05, 0) is 62.6 Å². The zero-order valence-corrected chi connectivity index (χ0v) is 25.4. The Morgan fingerprint density at radius 3 is 1.79 bits per heavy atom. The van der Waals surface area contributed by atoms with Crippen molar-refractivity contribution in [2.75, 3.05) is 33.0 Å². The van der Waals surface area contributed by atoms with Gasteiger partial charge in [0.2, 0.25) is 0 Å². The molecule has 0 radical (unpaired) electrons. The van der Waals surface area contributed by atoms with Crippen LogP contribution >= 0.6 is 0 Å². The molecule has 2 aliphatic rings. The largest absolute Gasteiger partial charge is 0.461 e. The Hall–Kier alpha value is -3.22. The number of ether oxygens (including phenoxy) is 4. The second-order valence-corrected chi connectivity index (χ2v) is 11.4. The predicted octanol–water partition coefficient (Wildman–Crippen LogP) is 5.08. The Morgan fingerprint density at radius 2 is 1.28 bits per heavy atom.